The van der Waals surface area contributed by atoms with E-state index in [9.17, 15) is 9.00 Å². The largest absolute Gasteiger partial charge is 0.456 e. The van der Waals surface area contributed by atoms with Crippen LogP contribution in [0.15, 0.2) is 10.5 Å². The van der Waals surface area contributed by atoms with Crippen LogP contribution in [0.5, 0.6) is 0 Å². The highest BCUT2D eigenvalue weighted by molar-refractivity contribution is 7.86. The predicted octanol–water partition coefficient (Wildman–Crippen LogP) is 2.13. The fourth-order valence-electron chi connectivity index (χ4n) is 2.39. The average Bonchev–Trinajstić information content (AvgIpc) is 2.73. The van der Waals surface area contributed by atoms with Crippen molar-refractivity contribution in [1.29, 1.82) is 0 Å². The quantitative estimate of drug-likeness (QED) is 0.835. The van der Waals surface area contributed by atoms with Crippen LogP contribution in [0.1, 0.15) is 42.6 Å². The lowest BCUT2D eigenvalue weighted by molar-refractivity contribution is 0.0712. The van der Waals surface area contributed by atoms with Crippen molar-refractivity contribution in [2.45, 2.75) is 38.9 Å². The van der Waals surface area contributed by atoms with Gasteiger partial charge in [0.25, 0.3) is 5.91 Å². The first kappa shape index (κ1) is 14.3. The summed E-state index contributed by atoms with van der Waals surface area (Å²) in [5, 5.41) is 0. The second-order valence-corrected chi connectivity index (χ2v) is 7.81. The van der Waals surface area contributed by atoms with E-state index in [4.69, 9.17) is 4.42 Å². The van der Waals surface area contributed by atoms with Crippen LogP contribution in [0.3, 0.4) is 0 Å². The third kappa shape index (κ3) is 2.76. The number of carbonyl (C=O) groups is 1. The maximum Gasteiger partial charge on any atom is 0.289 e. The molecule has 1 amide bonds. The van der Waals surface area contributed by atoms with Crippen molar-refractivity contribution >= 4 is 16.7 Å². The molecule has 0 saturated carbocycles. The van der Waals surface area contributed by atoms with Crippen LogP contribution in [-0.2, 0) is 17.2 Å². The summed E-state index contributed by atoms with van der Waals surface area (Å²) in [6, 6.07) is 1.81. The summed E-state index contributed by atoms with van der Waals surface area (Å²) in [7, 11) is -0.869. The molecule has 1 fully saturated rings. The third-order valence-electron chi connectivity index (χ3n) is 3.57. The van der Waals surface area contributed by atoms with E-state index < -0.39 is 10.8 Å². The summed E-state index contributed by atoms with van der Waals surface area (Å²) in [4.78, 5) is 14.2. The van der Waals surface area contributed by atoms with Crippen molar-refractivity contribution in [2.75, 3.05) is 18.8 Å². The monoisotopic (exact) mass is 283 g/mol. The molecular weight excluding hydrogens is 262 g/mol. The van der Waals surface area contributed by atoms with Gasteiger partial charge < -0.3 is 9.32 Å². The van der Waals surface area contributed by atoms with Gasteiger partial charge in [-0.25, -0.2) is 0 Å². The smallest absolute Gasteiger partial charge is 0.289 e. The van der Waals surface area contributed by atoms with E-state index >= 15 is 0 Å². The molecule has 0 N–H and O–H groups in total. The summed E-state index contributed by atoms with van der Waals surface area (Å²) >= 11 is 0. The van der Waals surface area contributed by atoms with E-state index in [-0.39, 0.29) is 10.7 Å². The normalized spacial score (nSPS) is 22.5. The van der Waals surface area contributed by atoms with Crippen LogP contribution in [0.25, 0.3) is 0 Å². The Hall–Kier alpha value is -1.10. The van der Waals surface area contributed by atoms with Crippen LogP contribution in [0.2, 0.25) is 0 Å². The zero-order valence-electron chi connectivity index (χ0n) is 12.0. The summed E-state index contributed by atoms with van der Waals surface area (Å²) in [5.41, 5.74) is 1.02. The maximum absolute atomic E-state index is 12.4. The average molecular weight is 283 g/mol. The van der Waals surface area contributed by atoms with Gasteiger partial charge in [-0.3, -0.25) is 9.00 Å². The van der Waals surface area contributed by atoms with E-state index in [1.807, 2.05) is 27.7 Å². The Bertz CT molecular complexity index is 519. The zero-order valence-corrected chi connectivity index (χ0v) is 12.8. The van der Waals surface area contributed by atoms with Crippen LogP contribution in [0, 0.1) is 6.92 Å². The van der Waals surface area contributed by atoms with Gasteiger partial charge >= 0.3 is 0 Å². The molecular formula is C14H21NO3S. The van der Waals surface area contributed by atoms with Gasteiger partial charge in [-0.2, -0.15) is 0 Å². The molecule has 0 aromatic carbocycles. The van der Waals surface area contributed by atoms with E-state index in [1.54, 1.807) is 11.0 Å². The van der Waals surface area contributed by atoms with E-state index in [2.05, 4.69) is 0 Å². The number of rotatable bonds is 2. The maximum atomic E-state index is 12.4. The number of nitrogens with zero attached hydrogens (tertiary/aromatic N) is 1. The summed E-state index contributed by atoms with van der Waals surface area (Å²) in [6.45, 7) is 8.89. The van der Waals surface area contributed by atoms with Gasteiger partial charge in [-0.1, -0.05) is 6.92 Å². The number of carbonyl (C=O) groups excluding carboxylic acids is 1. The van der Waals surface area contributed by atoms with Crippen molar-refractivity contribution in [1.82, 2.24) is 4.90 Å². The molecule has 1 aliphatic heterocycles. The number of aryl methyl sites for hydroxylation is 2. The third-order valence-corrected chi connectivity index (χ3v) is 5.49. The summed E-state index contributed by atoms with van der Waals surface area (Å²) in [5.74, 6) is 1.72. The number of hydrogen-bond donors (Lipinski definition) is 0. The van der Waals surface area contributed by atoms with Gasteiger partial charge in [-0.15, -0.1) is 0 Å². The molecule has 1 aromatic heterocycles. The minimum Gasteiger partial charge on any atom is -0.456 e. The van der Waals surface area contributed by atoms with Crippen molar-refractivity contribution in [3.05, 3.63) is 23.2 Å². The molecule has 0 bridgehead atoms. The lowest BCUT2D eigenvalue weighted by Gasteiger charge is -2.36. The summed E-state index contributed by atoms with van der Waals surface area (Å²) in [6.07, 6.45) is 0.786. The minimum absolute atomic E-state index is 0.0902. The van der Waals surface area contributed by atoms with Gasteiger partial charge in [0.2, 0.25) is 0 Å². The molecule has 19 heavy (non-hydrogen) atoms. The second kappa shape index (κ2) is 5.12. The Morgan fingerprint density at radius 1 is 1.53 bits per heavy atom. The molecule has 2 heterocycles. The first-order chi connectivity index (χ1) is 8.85. The molecule has 1 atom stereocenters. The Morgan fingerprint density at radius 2 is 2.21 bits per heavy atom. The lowest BCUT2D eigenvalue weighted by atomic mass is 10.1. The highest BCUT2D eigenvalue weighted by atomic mass is 32.2. The second-order valence-electron chi connectivity index (χ2n) is 5.61. The Morgan fingerprint density at radius 3 is 2.74 bits per heavy atom. The first-order valence-corrected chi connectivity index (χ1v) is 7.94. The predicted molar refractivity (Wildman–Crippen MR) is 75.8 cm³/mol. The number of amides is 1. The van der Waals surface area contributed by atoms with Gasteiger partial charge in [0, 0.05) is 36.1 Å². The Labute approximate surface area is 116 Å². The SMILES string of the molecule is CCc1oc(C(=O)N2CCS(=O)C(C)(C)C2)cc1C. The van der Waals surface area contributed by atoms with Crippen LogP contribution < -0.4 is 0 Å². The number of hydrogen-bond acceptors (Lipinski definition) is 3. The molecule has 0 radical (unpaired) electrons. The number of furan rings is 1. The van der Waals surface area contributed by atoms with E-state index in [0.717, 1.165) is 17.7 Å². The molecule has 0 aliphatic carbocycles. The van der Waals surface area contributed by atoms with Gasteiger partial charge in [0.15, 0.2) is 5.76 Å². The molecule has 106 valence electrons. The lowest BCUT2D eigenvalue weighted by Crippen LogP contribution is -2.52. The zero-order chi connectivity index (χ0) is 14.2. The highest BCUT2D eigenvalue weighted by Gasteiger charge is 2.36. The molecule has 4 nitrogen and oxygen atoms in total. The molecule has 1 saturated heterocycles. The fourth-order valence-corrected chi connectivity index (χ4v) is 3.62. The topological polar surface area (TPSA) is 50.5 Å². The standard InChI is InChI=1S/C14H21NO3S/c1-5-11-10(2)8-12(18-11)13(16)15-6-7-19(17)14(3,4)9-15/h8H,5-7,9H2,1-4H3. The van der Waals surface area contributed by atoms with Gasteiger partial charge in [0.05, 0.1) is 4.75 Å². The molecule has 1 unspecified atom stereocenters. The molecule has 1 aromatic rings. The minimum atomic E-state index is -0.869. The Balaban J connectivity index is 2.18. The molecule has 5 heteroatoms. The molecule has 2 rings (SSSR count). The van der Waals surface area contributed by atoms with Crippen LogP contribution >= 0.6 is 0 Å². The van der Waals surface area contributed by atoms with E-state index in [0.29, 0.717) is 24.6 Å². The molecule has 0 spiro atoms. The van der Waals surface area contributed by atoms with Crippen molar-refractivity contribution < 1.29 is 13.4 Å². The summed E-state index contributed by atoms with van der Waals surface area (Å²) < 4.78 is 17.1. The molecule has 1 aliphatic rings. The van der Waals surface area contributed by atoms with Crippen LogP contribution in [0.4, 0.5) is 0 Å². The van der Waals surface area contributed by atoms with Crippen molar-refractivity contribution in [2.24, 2.45) is 0 Å². The van der Waals surface area contributed by atoms with Gasteiger partial charge in [0.1, 0.15) is 5.76 Å². The van der Waals surface area contributed by atoms with Crippen molar-refractivity contribution in [3.8, 4) is 0 Å². The Kier molecular flexibility index (Phi) is 3.85. The van der Waals surface area contributed by atoms with E-state index in [1.165, 1.54) is 0 Å². The fraction of sp³-hybridized carbons (Fsp3) is 0.643. The van der Waals surface area contributed by atoms with Gasteiger partial charge in [-0.05, 0) is 32.4 Å². The first-order valence-electron chi connectivity index (χ1n) is 6.62. The van der Waals surface area contributed by atoms with Crippen LogP contribution in [-0.4, -0.2) is 38.6 Å². The highest BCUT2D eigenvalue weighted by Crippen LogP contribution is 2.23. The van der Waals surface area contributed by atoms with Crippen molar-refractivity contribution in [3.63, 3.8) is 0 Å².